The van der Waals surface area contributed by atoms with Gasteiger partial charge in [-0.25, -0.2) is 0 Å². The molecular formula is C8H14F3NO. The zero-order valence-electron chi connectivity index (χ0n) is 7.60. The highest BCUT2D eigenvalue weighted by Gasteiger charge is 2.28. The number of alkyl halides is 3. The number of ether oxygens (including phenoxy) is 1. The van der Waals surface area contributed by atoms with Gasteiger partial charge in [0, 0.05) is 19.6 Å². The minimum atomic E-state index is -4.04. The van der Waals surface area contributed by atoms with Crippen LogP contribution >= 0.6 is 0 Å². The highest BCUT2D eigenvalue weighted by molar-refractivity contribution is 4.68. The Morgan fingerprint density at radius 1 is 1.46 bits per heavy atom. The molecule has 1 aliphatic heterocycles. The van der Waals surface area contributed by atoms with Crippen molar-refractivity contribution < 1.29 is 17.9 Å². The second-order valence-electron chi connectivity index (χ2n) is 3.35. The van der Waals surface area contributed by atoms with E-state index in [1.54, 1.807) is 4.90 Å². The summed E-state index contributed by atoms with van der Waals surface area (Å²) in [6.07, 6.45) is -4.71. The highest BCUT2D eigenvalue weighted by atomic mass is 19.4. The molecule has 1 atom stereocenters. The van der Waals surface area contributed by atoms with E-state index in [9.17, 15) is 13.2 Å². The van der Waals surface area contributed by atoms with Crippen LogP contribution in [0.1, 0.15) is 13.3 Å². The predicted molar refractivity (Wildman–Crippen MR) is 42.5 cm³/mol. The summed E-state index contributed by atoms with van der Waals surface area (Å²) in [5.41, 5.74) is 0. The van der Waals surface area contributed by atoms with Gasteiger partial charge in [-0.15, -0.1) is 0 Å². The molecule has 0 amide bonds. The average molecular weight is 197 g/mol. The van der Waals surface area contributed by atoms with E-state index in [2.05, 4.69) is 0 Å². The molecule has 0 N–H and O–H groups in total. The second-order valence-corrected chi connectivity index (χ2v) is 3.35. The lowest BCUT2D eigenvalue weighted by Gasteiger charge is -2.31. The Morgan fingerprint density at radius 2 is 2.15 bits per heavy atom. The fourth-order valence-electron chi connectivity index (χ4n) is 1.38. The largest absolute Gasteiger partial charge is 0.390 e. The Morgan fingerprint density at radius 3 is 2.69 bits per heavy atom. The van der Waals surface area contributed by atoms with E-state index in [0.29, 0.717) is 19.7 Å². The first-order valence-corrected chi connectivity index (χ1v) is 4.38. The molecule has 0 aliphatic carbocycles. The maximum Gasteiger partial charge on any atom is 0.390 e. The quantitative estimate of drug-likeness (QED) is 0.667. The molecule has 0 radical (unpaired) electrons. The molecule has 0 bridgehead atoms. The average Bonchev–Trinajstić information content (AvgIpc) is 2.00. The Labute approximate surface area is 75.7 Å². The number of hydrogen-bond acceptors (Lipinski definition) is 2. The van der Waals surface area contributed by atoms with E-state index in [4.69, 9.17) is 4.74 Å². The van der Waals surface area contributed by atoms with Crippen molar-refractivity contribution in [2.45, 2.75) is 25.6 Å². The monoisotopic (exact) mass is 197 g/mol. The molecule has 0 aromatic heterocycles. The Balaban J connectivity index is 2.21. The van der Waals surface area contributed by atoms with Crippen LogP contribution in [0.25, 0.3) is 0 Å². The minimum absolute atomic E-state index is 0.0574. The normalized spacial score (nSPS) is 26.3. The molecular weight excluding hydrogens is 183 g/mol. The van der Waals surface area contributed by atoms with Crippen molar-refractivity contribution in [3.05, 3.63) is 0 Å². The first-order chi connectivity index (χ1) is 5.97. The summed E-state index contributed by atoms with van der Waals surface area (Å²) in [6.45, 7) is 3.73. The molecule has 1 unspecified atom stereocenters. The lowest BCUT2D eigenvalue weighted by molar-refractivity contribution is -0.141. The SMILES string of the molecule is CC1CN(CCC(F)(F)F)CCO1. The second kappa shape index (κ2) is 4.28. The van der Waals surface area contributed by atoms with Crippen molar-refractivity contribution >= 4 is 0 Å². The molecule has 13 heavy (non-hydrogen) atoms. The van der Waals surface area contributed by atoms with Crippen LogP contribution < -0.4 is 0 Å². The van der Waals surface area contributed by atoms with Gasteiger partial charge in [0.2, 0.25) is 0 Å². The first kappa shape index (κ1) is 10.8. The van der Waals surface area contributed by atoms with Crippen molar-refractivity contribution in [1.82, 2.24) is 4.90 Å². The minimum Gasteiger partial charge on any atom is -0.376 e. The Hall–Kier alpha value is -0.290. The molecule has 0 aromatic carbocycles. The standard InChI is InChI=1S/C8H14F3NO/c1-7-6-12(4-5-13-7)3-2-8(9,10)11/h7H,2-6H2,1H3. The molecule has 1 aliphatic rings. The summed E-state index contributed by atoms with van der Waals surface area (Å²) in [6, 6.07) is 0. The van der Waals surface area contributed by atoms with Crippen molar-refractivity contribution in [2.24, 2.45) is 0 Å². The fraction of sp³-hybridized carbons (Fsp3) is 1.00. The van der Waals surface area contributed by atoms with E-state index in [1.807, 2.05) is 6.92 Å². The van der Waals surface area contributed by atoms with E-state index in [-0.39, 0.29) is 12.6 Å². The zero-order chi connectivity index (χ0) is 9.90. The third-order valence-corrected chi connectivity index (χ3v) is 2.04. The number of nitrogens with zero attached hydrogens (tertiary/aromatic N) is 1. The van der Waals surface area contributed by atoms with Crippen LogP contribution in [-0.2, 0) is 4.74 Å². The molecule has 1 fully saturated rings. The molecule has 1 rings (SSSR count). The molecule has 78 valence electrons. The van der Waals surface area contributed by atoms with Crippen molar-refractivity contribution in [2.75, 3.05) is 26.2 Å². The van der Waals surface area contributed by atoms with Crippen LogP contribution in [0.3, 0.4) is 0 Å². The summed E-state index contributed by atoms with van der Waals surface area (Å²) in [5, 5.41) is 0. The topological polar surface area (TPSA) is 12.5 Å². The van der Waals surface area contributed by atoms with Crippen LogP contribution in [0.2, 0.25) is 0 Å². The number of halogens is 3. The summed E-state index contributed by atoms with van der Waals surface area (Å²) >= 11 is 0. The van der Waals surface area contributed by atoms with Crippen molar-refractivity contribution in [1.29, 1.82) is 0 Å². The van der Waals surface area contributed by atoms with Gasteiger partial charge < -0.3 is 4.74 Å². The van der Waals surface area contributed by atoms with Gasteiger partial charge in [0.1, 0.15) is 0 Å². The Kier molecular flexibility index (Phi) is 3.55. The van der Waals surface area contributed by atoms with Crippen LogP contribution in [0.15, 0.2) is 0 Å². The molecule has 5 heteroatoms. The van der Waals surface area contributed by atoms with E-state index in [1.165, 1.54) is 0 Å². The molecule has 0 saturated carbocycles. The van der Waals surface area contributed by atoms with Crippen LogP contribution in [0.4, 0.5) is 13.2 Å². The predicted octanol–water partition coefficient (Wildman–Crippen LogP) is 1.66. The van der Waals surface area contributed by atoms with Gasteiger partial charge in [0.25, 0.3) is 0 Å². The number of hydrogen-bond donors (Lipinski definition) is 0. The third kappa shape index (κ3) is 4.47. The number of morpholine rings is 1. The molecule has 1 saturated heterocycles. The van der Waals surface area contributed by atoms with Gasteiger partial charge in [-0.3, -0.25) is 4.90 Å². The molecule has 2 nitrogen and oxygen atoms in total. The van der Waals surface area contributed by atoms with Crippen molar-refractivity contribution in [3.8, 4) is 0 Å². The molecule has 0 spiro atoms. The summed E-state index contributed by atoms with van der Waals surface area (Å²) in [5.74, 6) is 0. The van der Waals surface area contributed by atoms with Gasteiger partial charge in [-0.1, -0.05) is 0 Å². The van der Waals surface area contributed by atoms with Crippen LogP contribution in [0.5, 0.6) is 0 Å². The van der Waals surface area contributed by atoms with E-state index >= 15 is 0 Å². The summed E-state index contributed by atoms with van der Waals surface area (Å²) < 4.78 is 40.8. The lowest BCUT2D eigenvalue weighted by Crippen LogP contribution is -2.42. The third-order valence-electron chi connectivity index (χ3n) is 2.04. The van der Waals surface area contributed by atoms with Crippen molar-refractivity contribution in [3.63, 3.8) is 0 Å². The van der Waals surface area contributed by atoms with Gasteiger partial charge in [-0.2, -0.15) is 13.2 Å². The van der Waals surface area contributed by atoms with E-state index < -0.39 is 12.6 Å². The summed E-state index contributed by atoms with van der Waals surface area (Å²) in [7, 11) is 0. The fourth-order valence-corrected chi connectivity index (χ4v) is 1.38. The zero-order valence-corrected chi connectivity index (χ0v) is 7.60. The number of rotatable bonds is 2. The summed E-state index contributed by atoms with van der Waals surface area (Å²) in [4.78, 5) is 1.79. The maximum atomic E-state index is 11.8. The van der Waals surface area contributed by atoms with Gasteiger partial charge in [0.05, 0.1) is 19.1 Å². The van der Waals surface area contributed by atoms with Crippen LogP contribution in [-0.4, -0.2) is 43.4 Å². The van der Waals surface area contributed by atoms with Gasteiger partial charge >= 0.3 is 6.18 Å². The molecule has 0 aromatic rings. The lowest BCUT2D eigenvalue weighted by atomic mass is 10.3. The smallest absolute Gasteiger partial charge is 0.376 e. The van der Waals surface area contributed by atoms with Gasteiger partial charge in [0.15, 0.2) is 0 Å². The first-order valence-electron chi connectivity index (χ1n) is 4.38. The Bertz CT molecular complexity index is 160. The highest BCUT2D eigenvalue weighted by Crippen LogP contribution is 2.20. The van der Waals surface area contributed by atoms with Gasteiger partial charge in [-0.05, 0) is 6.92 Å². The van der Waals surface area contributed by atoms with E-state index in [0.717, 1.165) is 0 Å². The van der Waals surface area contributed by atoms with Crippen LogP contribution in [0, 0.1) is 0 Å². The molecule has 1 heterocycles. The maximum absolute atomic E-state index is 11.8.